The summed E-state index contributed by atoms with van der Waals surface area (Å²) in [6, 6.07) is 7.30. The van der Waals surface area contributed by atoms with E-state index in [-0.39, 0.29) is 12.5 Å². The predicted octanol–water partition coefficient (Wildman–Crippen LogP) is 0.589. The Morgan fingerprint density at radius 2 is 2.24 bits per heavy atom. The number of nitrogens with one attached hydrogen (secondary N) is 1. The molecule has 2 rings (SSSR count). The number of benzene rings is 1. The number of amides is 1. The van der Waals surface area contributed by atoms with Crippen molar-refractivity contribution in [3.05, 3.63) is 24.3 Å². The summed E-state index contributed by atoms with van der Waals surface area (Å²) in [6.45, 7) is 1.18. The molecule has 1 aliphatic heterocycles. The molecule has 1 aromatic carbocycles. The molecular weight excluding hydrogens is 222 g/mol. The van der Waals surface area contributed by atoms with Crippen LogP contribution in [0.15, 0.2) is 24.3 Å². The van der Waals surface area contributed by atoms with E-state index in [2.05, 4.69) is 5.32 Å². The number of hydrogen-bond donors (Lipinski definition) is 1. The zero-order chi connectivity index (χ0) is 12.1. The normalized spacial score (nSPS) is 17.6. The topological polar surface area (TPSA) is 56.8 Å². The Hall–Kier alpha value is -1.75. The fourth-order valence-corrected chi connectivity index (χ4v) is 1.54. The van der Waals surface area contributed by atoms with Crippen LogP contribution in [0.4, 0.5) is 0 Å². The zero-order valence-electron chi connectivity index (χ0n) is 9.64. The summed E-state index contributed by atoms with van der Waals surface area (Å²) >= 11 is 0. The number of methoxy groups -OCH3 is 1. The standard InChI is InChI=1S/C12H15NO4/c1-15-7-6-13-12(14)11-8-16-9-4-2-3-5-10(9)17-11/h2-5,11H,6-8H2,1H3,(H,13,14)/t11-/m1/s1. The van der Waals surface area contributed by atoms with Gasteiger partial charge in [0.15, 0.2) is 11.5 Å². The van der Waals surface area contributed by atoms with Gasteiger partial charge in [-0.15, -0.1) is 0 Å². The summed E-state index contributed by atoms with van der Waals surface area (Å²) in [7, 11) is 1.59. The molecule has 0 fully saturated rings. The van der Waals surface area contributed by atoms with Crippen LogP contribution in [0, 0.1) is 0 Å². The van der Waals surface area contributed by atoms with Gasteiger partial charge in [0.1, 0.15) is 6.61 Å². The van der Waals surface area contributed by atoms with E-state index >= 15 is 0 Å². The van der Waals surface area contributed by atoms with Crippen LogP contribution < -0.4 is 14.8 Å². The predicted molar refractivity (Wildman–Crippen MR) is 61.2 cm³/mol. The molecule has 17 heavy (non-hydrogen) atoms. The summed E-state index contributed by atoms with van der Waals surface area (Å²) < 4.78 is 15.8. The molecule has 92 valence electrons. The number of carbonyl (C=O) groups excluding carboxylic acids is 1. The highest BCUT2D eigenvalue weighted by molar-refractivity contribution is 5.81. The smallest absolute Gasteiger partial charge is 0.264 e. The highest BCUT2D eigenvalue weighted by Gasteiger charge is 2.26. The minimum atomic E-state index is -0.596. The van der Waals surface area contributed by atoms with E-state index < -0.39 is 6.10 Å². The van der Waals surface area contributed by atoms with Crippen molar-refractivity contribution in [2.75, 3.05) is 26.9 Å². The fraction of sp³-hybridized carbons (Fsp3) is 0.417. The van der Waals surface area contributed by atoms with Crippen molar-refractivity contribution in [1.82, 2.24) is 5.32 Å². The van der Waals surface area contributed by atoms with Gasteiger partial charge in [-0.3, -0.25) is 4.79 Å². The Morgan fingerprint density at radius 1 is 1.47 bits per heavy atom. The second-order valence-electron chi connectivity index (χ2n) is 3.65. The second kappa shape index (κ2) is 5.54. The molecule has 5 nitrogen and oxygen atoms in total. The lowest BCUT2D eigenvalue weighted by Gasteiger charge is -2.25. The molecule has 1 heterocycles. The first-order valence-electron chi connectivity index (χ1n) is 5.46. The number of hydrogen-bond acceptors (Lipinski definition) is 4. The van der Waals surface area contributed by atoms with Crippen molar-refractivity contribution >= 4 is 5.91 Å². The third-order valence-corrected chi connectivity index (χ3v) is 2.41. The van der Waals surface area contributed by atoms with Gasteiger partial charge in [-0.25, -0.2) is 0 Å². The molecule has 1 amide bonds. The lowest BCUT2D eigenvalue weighted by Crippen LogP contribution is -2.44. The van der Waals surface area contributed by atoms with Crippen molar-refractivity contribution in [3.8, 4) is 11.5 Å². The molecule has 0 unspecified atom stereocenters. The van der Waals surface area contributed by atoms with Crippen molar-refractivity contribution in [1.29, 1.82) is 0 Å². The highest BCUT2D eigenvalue weighted by Crippen LogP contribution is 2.30. The van der Waals surface area contributed by atoms with E-state index in [4.69, 9.17) is 14.2 Å². The lowest BCUT2D eigenvalue weighted by atomic mass is 10.2. The van der Waals surface area contributed by atoms with Gasteiger partial charge in [-0.1, -0.05) is 12.1 Å². The lowest BCUT2D eigenvalue weighted by molar-refractivity contribution is -0.130. The Kier molecular flexibility index (Phi) is 3.82. The van der Waals surface area contributed by atoms with Gasteiger partial charge < -0.3 is 19.5 Å². The first-order chi connectivity index (χ1) is 8.31. The van der Waals surface area contributed by atoms with Crippen molar-refractivity contribution in [2.45, 2.75) is 6.10 Å². The molecule has 0 spiro atoms. The van der Waals surface area contributed by atoms with E-state index in [9.17, 15) is 4.79 Å². The third kappa shape index (κ3) is 2.88. The van der Waals surface area contributed by atoms with E-state index in [1.165, 1.54) is 0 Å². The Bertz CT molecular complexity index is 394. The number of ether oxygens (including phenoxy) is 3. The van der Waals surface area contributed by atoms with Gasteiger partial charge in [0, 0.05) is 13.7 Å². The summed E-state index contributed by atoms with van der Waals surface area (Å²) in [5, 5.41) is 2.72. The summed E-state index contributed by atoms with van der Waals surface area (Å²) in [4.78, 5) is 11.7. The maximum atomic E-state index is 11.7. The number of fused-ring (bicyclic) bond motifs is 1. The third-order valence-electron chi connectivity index (χ3n) is 2.41. The molecule has 1 atom stereocenters. The van der Waals surface area contributed by atoms with E-state index in [0.717, 1.165) is 0 Å². The maximum absolute atomic E-state index is 11.7. The zero-order valence-corrected chi connectivity index (χ0v) is 9.64. The van der Waals surface area contributed by atoms with Crippen LogP contribution in [0.25, 0.3) is 0 Å². The first kappa shape index (κ1) is 11.7. The van der Waals surface area contributed by atoms with Crippen LogP contribution in [0.5, 0.6) is 11.5 Å². The molecule has 1 N–H and O–H groups in total. The monoisotopic (exact) mass is 237 g/mol. The summed E-state index contributed by atoms with van der Waals surface area (Å²) in [6.07, 6.45) is -0.596. The minimum Gasteiger partial charge on any atom is -0.485 e. The average Bonchev–Trinajstić information content (AvgIpc) is 2.38. The SMILES string of the molecule is COCCNC(=O)[C@H]1COc2ccccc2O1. The van der Waals surface area contributed by atoms with E-state index in [1.54, 1.807) is 13.2 Å². The molecule has 0 aliphatic carbocycles. The van der Waals surface area contributed by atoms with Gasteiger partial charge in [-0.2, -0.15) is 0 Å². The fourth-order valence-electron chi connectivity index (χ4n) is 1.54. The highest BCUT2D eigenvalue weighted by atomic mass is 16.6. The molecule has 0 radical (unpaired) electrons. The molecule has 1 aromatic rings. The molecular formula is C12H15NO4. The van der Waals surface area contributed by atoms with Crippen LogP contribution in [0.2, 0.25) is 0 Å². The molecule has 0 aromatic heterocycles. The van der Waals surface area contributed by atoms with Crippen LogP contribution in [-0.2, 0) is 9.53 Å². The maximum Gasteiger partial charge on any atom is 0.264 e. The van der Waals surface area contributed by atoms with E-state index in [0.29, 0.717) is 24.7 Å². The first-order valence-corrected chi connectivity index (χ1v) is 5.46. The molecule has 1 aliphatic rings. The Labute approximate surface area is 99.7 Å². The molecule has 5 heteroatoms. The largest absolute Gasteiger partial charge is 0.485 e. The summed E-state index contributed by atoms with van der Waals surface area (Å²) in [5.41, 5.74) is 0. The average molecular weight is 237 g/mol. The Morgan fingerprint density at radius 3 is 3.00 bits per heavy atom. The van der Waals surface area contributed by atoms with Crippen molar-refractivity contribution in [3.63, 3.8) is 0 Å². The van der Waals surface area contributed by atoms with Crippen LogP contribution in [0.1, 0.15) is 0 Å². The molecule has 0 bridgehead atoms. The van der Waals surface area contributed by atoms with Gasteiger partial charge in [0.25, 0.3) is 5.91 Å². The van der Waals surface area contributed by atoms with Crippen molar-refractivity contribution in [2.24, 2.45) is 0 Å². The van der Waals surface area contributed by atoms with Gasteiger partial charge in [-0.05, 0) is 12.1 Å². The summed E-state index contributed by atoms with van der Waals surface area (Å²) in [5.74, 6) is 1.09. The van der Waals surface area contributed by atoms with Gasteiger partial charge in [0.2, 0.25) is 6.10 Å². The Balaban J connectivity index is 1.91. The van der Waals surface area contributed by atoms with E-state index in [1.807, 2.05) is 18.2 Å². The quantitative estimate of drug-likeness (QED) is 0.779. The van der Waals surface area contributed by atoms with Gasteiger partial charge >= 0.3 is 0 Å². The van der Waals surface area contributed by atoms with Crippen LogP contribution in [-0.4, -0.2) is 38.9 Å². The number of rotatable bonds is 4. The van der Waals surface area contributed by atoms with Crippen molar-refractivity contribution < 1.29 is 19.0 Å². The molecule has 0 saturated heterocycles. The second-order valence-corrected chi connectivity index (χ2v) is 3.65. The van der Waals surface area contributed by atoms with Crippen LogP contribution >= 0.6 is 0 Å². The molecule has 0 saturated carbocycles. The number of para-hydroxylation sites is 2. The van der Waals surface area contributed by atoms with Crippen LogP contribution in [0.3, 0.4) is 0 Å². The van der Waals surface area contributed by atoms with Gasteiger partial charge in [0.05, 0.1) is 6.61 Å². The minimum absolute atomic E-state index is 0.184. The number of carbonyl (C=O) groups is 1.